The van der Waals surface area contributed by atoms with Gasteiger partial charge in [-0.1, -0.05) is 84.0 Å². The molecule has 0 unspecified atom stereocenters. The summed E-state index contributed by atoms with van der Waals surface area (Å²) in [6.07, 6.45) is 4.26. The molecule has 5 aromatic rings. The van der Waals surface area contributed by atoms with E-state index in [4.69, 9.17) is 16.3 Å². The van der Waals surface area contributed by atoms with Crippen LogP contribution in [0.15, 0.2) is 90.1 Å². The first-order valence-corrected chi connectivity index (χ1v) is 12.5. The maximum absolute atomic E-state index is 6.82. The predicted molar refractivity (Wildman–Crippen MR) is 140 cm³/mol. The molecular weight excluding hydrogens is 470 g/mol. The van der Waals surface area contributed by atoms with Crippen molar-refractivity contribution in [1.82, 2.24) is 14.8 Å². The van der Waals surface area contributed by atoms with E-state index >= 15 is 0 Å². The van der Waals surface area contributed by atoms with Crippen molar-refractivity contribution in [2.24, 2.45) is 0 Å². The Labute approximate surface area is 205 Å². The van der Waals surface area contributed by atoms with Gasteiger partial charge in [0.2, 0.25) is 0 Å². The Morgan fingerprint density at radius 2 is 1.76 bits per heavy atom. The van der Waals surface area contributed by atoms with E-state index in [1.807, 2.05) is 54.6 Å². The Kier molecular flexibility index (Phi) is 6.48. The number of benzene rings is 3. The van der Waals surface area contributed by atoms with Crippen LogP contribution in [0, 0.1) is 0 Å². The second-order valence-corrected chi connectivity index (χ2v) is 9.63. The molecule has 164 valence electrons. The molecule has 2 aromatic heterocycles. The predicted octanol–water partition coefficient (Wildman–Crippen LogP) is 7.62. The summed E-state index contributed by atoms with van der Waals surface area (Å²) in [5.41, 5.74) is 2.17. The van der Waals surface area contributed by atoms with Crippen LogP contribution in [0.5, 0.6) is 5.75 Å². The Balaban J connectivity index is 1.52. The van der Waals surface area contributed by atoms with Gasteiger partial charge in [0, 0.05) is 21.5 Å². The number of halogens is 1. The lowest BCUT2D eigenvalue weighted by molar-refractivity contribution is 0.415. The van der Waals surface area contributed by atoms with Gasteiger partial charge >= 0.3 is 0 Å². The Hall–Kier alpha value is -3.06. The van der Waals surface area contributed by atoms with Crippen LogP contribution in [-0.4, -0.2) is 27.6 Å². The standard InChI is InChI=1S/C26H20ClN3OS2/c1-31-20-14-15-21-22(17-20)33-24(23(21)27)25-28-29-26(30(25)19-12-6-3-7-13-19)32-16-8-11-18-9-4-2-5-10-18/h2-15,17H,16H2,1H3. The third kappa shape index (κ3) is 4.55. The largest absolute Gasteiger partial charge is 0.497 e. The van der Waals surface area contributed by atoms with E-state index in [1.165, 1.54) is 5.56 Å². The highest BCUT2D eigenvalue weighted by Gasteiger charge is 2.21. The fourth-order valence-corrected chi connectivity index (χ4v) is 5.79. The van der Waals surface area contributed by atoms with Crippen molar-refractivity contribution in [2.45, 2.75) is 5.16 Å². The van der Waals surface area contributed by atoms with Crippen LogP contribution in [0.4, 0.5) is 0 Å². The zero-order valence-electron chi connectivity index (χ0n) is 17.8. The molecule has 5 rings (SSSR count). The molecule has 0 aliphatic carbocycles. The van der Waals surface area contributed by atoms with Gasteiger partial charge in [0.1, 0.15) is 5.75 Å². The highest BCUT2D eigenvalue weighted by molar-refractivity contribution is 7.99. The quantitative estimate of drug-likeness (QED) is 0.220. The second kappa shape index (κ2) is 9.83. The first kappa shape index (κ1) is 21.8. The number of fused-ring (bicyclic) bond motifs is 1. The van der Waals surface area contributed by atoms with Crippen molar-refractivity contribution in [1.29, 1.82) is 0 Å². The Morgan fingerprint density at radius 1 is 1.00 bits per heavy atom. The summed E-state index contributed by atoms with van der Waals surface area (Å²) < 4.78 is 8.51. The Bertz CT molecular complexity index is 1410. The second-order valence-electron chi connectivity index (χ2n) is 7.21. The van der Waals surface area contributed by atoms with Crippen LogP contribution in [-0.2, 0) is 0 Å². The SMILES string of the molecule is COc1ccc2c(Cl)c(-c3nnc(SCC=Cc4ccccc4)n3-c3ccccc3)sc2c1. The molecule has 0 spiro atoms. The van der Waals surface area contributed by atoms with Crippen molar-refractivity contribution in [2.75, 3.05) is 12.9 Å². The highest BCUT2D eigenvalue weighted by atomic mass is 35.5. The molecule has 3 aromatic carbocycles. The molecule has 0 N–H and O–H groups in total. The first-order chi connectivity index (χ1) is 16.2. The number of hydrogen-bond acceptors (Lipinski definition) is 5. The minimum absolute atomic E-state index is 0.683. The fraction of sp³-hybridized carbons (Fsp3) is 0.0769. The third-order valence-electron chi connectivity index (χ3n) is 5.11. The molecule has 0 saturated heterocycles. The van der Waals surface area contributed by atoms with Gasteiger partial charge in [0.05, 0.1) is 17.0 Å². The lowest BCUT2D eigenvalue weighted by Crippen LogP contribution is -1.99. The monoisotopic (exact) mass is 489 g/mol. The van der Waals surface area contributed by atoms with E-state index in [0.29, 0.717) is 5.02 Å². The van der Waals surface area contributed by atoms with E-state index in [1.54, 1.807) is 30.2 Å². The van der Waals surface area contributed by atoms with Gasteiger partial charge in [-0.05, 0) is 35.9 Å². The van der Waals surface area contributed by atoms with E-state index in [9.17, 15) is 0 Å². The van der Waals surface area contributed by atoms with Crippen LogP contribution in [0.3, 0.4) is 0 Å². The fourth-order valence-electron chi connectivity index (χ4n) is 3.51. The smallest absolute Gasteiger partial charge is 0.196 e. The molecule has 33 heavy (non-hydrogen) atoms. The van der Waals surface area contributed by atoms with E-state index < -0.39 is 0 Å². The summed E-state index contributed by atoms with van der Waals surface area (Å²) in [6.45, 7) is 0. The average molecular weight is 490 g/mol. The van der Waals surface area contributed by atoms with Gasteiger partial charge in [0.15, 0.2) is 11.0 Å². The summed E-state index contributed by atoms with van der Waals surface area (Å²) in [6, 6.07) is 26.3. The molecule has 0 saturated carbocycles. The summed E-state index contributed by atoms with van der Waals surface area (Å²) in [5.74, 6) is 2.32. The molecule has 0 fully saturated rings. The van der Waals surface area contributed by atoms with Crippen LogP contribution < -0.4 is 4.74 Å². The van der Waals surface area contributed by atoms with Crippen molar-refractivity contribution < 1.29 is 4.74 Å². The van der Waals surface area contributed by atoms with Crippen molar-refractivity contribution in [3.05, 3.63) is 95.5 Å². The van der Waals surface area contributed by atoms with E-state index in [0.717, 1.165) is 43.1 Å². The molecule has 7 heteroatoms. The summed E-state index contributed by atoms with van der Waals surface area (Å²) in [4.78, 5) is 0.892. The number of thioether (sulfide) groups is 1. The van der Waals surface area contributed by atoms with Gasteiger partial charge in [0.25, 0.3) is 0 Å². The normalized spacial score (nSPS) is 11.5. The Morgan fingerprint density at radius 3 is 2.52 bits per heavy atom. The summed E-state index contributed by atoms with van der Waals surface area (Å²) >= 11 is 10.1. The third-order valence-corrected chi connectivity index (χ3v) is 7.64. The minimum Gasteiger partial charge on any atom is -0.497 e. The summed E-state index contributed by atoms with van der Waals surface area (Å²) in [5, 5.41) is 11.6. The zero-order valence-corrected chi connectivity index (χ0v) is 20.2. The molecule has 0 amide bonds. The molecular formula is C26H20ClN3OS2. The van der Waals surface area contributed by atoms with Crippen LogP contribution in [0.25, 0.3) is 32.6 Å². The van der Waals surface area contributed by atoms with Crippen molar-refractivity contribution in [3.8, 4) is 22.1 Å². The number of aromatic nitrogens is 3. The number of methoxy groups -OCH3 is 1. The molecule has 0 bridgehead atoms. The average Bonchev–Trinajstić information content (AvgIpc) is 3.43. The van der Waals surface area contributed by atoms with Crippen LogP contribution in [0.1, 0.15) is 5.56 Å². The van der Waals surface area contributed by atoms with Gasteiger partial charge in [-0.3, -0.25) is 4.57 Å². The number of para-hydroxylation sites is 1. The van der Waals surface area contributed by atoms with Gasteiger partial charge in [-0.15, -0.1) is 21.5 Å². The van der Waals surface area contributed by atoms with Crippen LogP contribution >= 0.6 is 34.7 Å². The van der Waals surface area contributed by atoms with E-state index in [2.05, 4.69) is 51.2 Å². The highest BCUT2D eigenvalue weighted by Crippen LogP contribution is 2.43. The molecule has 0 aliphatic heterocycles. The van der Waals surface area contributed by atoms with Crippen molar-refractivity contribution in [3.63, 3.8) is 0 Å². The number of nitrogens with zero attached hydrogens (tertiary/aromatic N) is 3. The molecule has 4 nitrogen and oxygen atoms in total. The minimum atomic E-state index is 0.683. The molecule has 0 aliphatic rings. The number of hydrogen-bond donors (Lipinski definition) is 0. The number of rotatable bonds is 7. The lowest BCUT2D eigenvalue weighted by Gasteiger charge is -2.09. The zero-order chi connectivity index (χ0) is 22.6. The molecule has 0 radical (unpaired) electrons. The van der Waals surface area contributed by atoms with Gasteiger partial charge in [-0.2, -0.15) is 0 Å². The maximum atomic E-state index is 6.82. The lowest BCUT2D eigenvalue weighted by atomic mass is 10.2. The van der Waals surface area contributed by atoms with Crippen molar-refractivity contribution >= 4 is 50.9 Å². The van der Waals surface area contributed by atoms with E-state index in [-0.39, 0.29) is 0 Å². The van der Waals surface area contributed by atoms with Gasteiger partial charge in [-0.25, -0.2) is 0 Å². The topological polar surface area (TPSA) is 39.9 Å². The van der Waals surface area contributed by atoms with Gasteiger partial charge < -0.3 is 4.74 Å². The molecule has 2 heterocycles. The first-order valence-electron chi connectivity index (χ1n) is 10.4. The molecule has 0 atom stereocenters. The summed E-state index contributed by atoms with van der Waals surface area (Å²) in [7, 11) is 1.67. The maximum Gasteiger partial charge on any atom is 0.196 e. The number of thiophene rings is 1. The van der Waals surface area contributed by atoms with Crippen LogP contribution in [0.2, 0.25) is 5.02 Å². The number of ether oxygens (including phenoxy) is 1.